The van der Waals surface area contributed by atoms with Gasteiger partial charge in [0.05, 0.1) is 5.56 Å². The third kappa shape index (κ3) is 6.48. The van der Waals surface area contributed by atoms with Gasteiger partial charge < -0.3 is 19.3 Å². The number of H-pyrrole nitrogens is 1. The number of nitrogens with zero attached hydrogens (tertiary/aromatic N) is 4. The predicted octanol–water partition coefficient (Wildman–Crippen LogP) is 3.26. The number of hydrogen-bond donors (Lipinski definition) is 1. The molecule has 0 unspecified atom stereocenters. The van der Waals surface area contributed by atoms with E-state index >= 15 is 0 Å². The Kier molecular flexibility index (Phi) is 7.81. The topological polar surface area (TPSA) is 118 Å². The maximum Gasteiger partial charge on any atom is 0.414 e. The summed E-state index contributed by atoms with van der Waals surface area (Å²) in [6.07, 6.45) is -0.783. The van der Waals surface area contributed by atoms with Crippen molar-refractivity contribution < 1.29 is 23.9 Å². The van der Waals surface area contributed by atoms with E-state index in [1.807, 2.05) is 13.8 Å². The molecule has 1 N–H and O–H groups in total. The molecule has 0 saturated heterocycles. The fraction of sp³-hybridized carbons (Fsp3) is 0.421. The largest absolute Gasteiger partial charge is 0.414 e. The smallest absolute Gasteiger partial charge is 0.410 e. The van der Waals surface area contributed by atoms with Crippen molar-refractivity contribution in [1.82, 2.24) is 25.0 Å². The van der Waals surface area contributed by atoms with Gasteiger partial charge in [-0.1, -0.05) is 13.8 Å². The molecule has 1 aromatic carbocycles. The molecular weight excluding hydrogens is 410 g/mol. The van der Waals surface area contributed by atoms with E-state index in [1.165, 1.54) is 15.9 Å². The van der Waals surface area contributed by atoms with Gasteiger partial charge in [-0.25, -0.2) is 14.6 Å². The van der Waals surface area contributed by atoms with Crippen molar-refractivity contribution in [2.75, 3.05) is 28.2 Å². The highest BCUT2D eigenvalue weighted by atomic mass is 32.2. The van der Waals surface area contributed by atoms with Crippen molar-refractivity contribution >= 4 is 29.1 Å². The molecule has 0 aliphatic carbocycles. The Hall–Kier alpha value is -3.08. The van der Waals surface area contributed by atoms with E-state index in [2.05, 4.69) is 15.2 Å². The molecule has 10 nitrogen and oxygen atoms in total. The molecule has 1 heterocycles. The molecule has 0 atom stereocenters. The number of nitrogens with one attached hydrogen (secondary N) is 1. The van der Waals surface area contributed by atoms with Crippen LogP contribution < -0.4 is 9.47 Å². The van der Waals surface area contributed by atoms with Gasteiger partial charge in [0, 0.05) is 40.7 Å². The lowest BCUT2D eigenvalue weighted by Gasteiger charge is -2.15. The monoisotopic (exact) mass is 435 g/mol. The number of rotatable bonds is 6. The zero-order valence-corrected chi connectivity index (χ0v) is 18.6. The summed E-state index contributed by atoms with van der Waals surface area (Å²) in [5, 5.41) is 7.03. The Morgan fingerprint density at radius 1 is 1.07 bits per heavy atom. The molecule has 0 fully saturated rings. The van der Waals surface area contributed by atoms with Gasteiger partial charge in [-0.2, -0.15) is 0 Å². The first-order chi connectivity index (χ1) is 14.1. The van der Waals surface area contributed by atoms with Crippen LogP contribution >= 0.6 is 11.8 Å². The summed E-state index contributed by atoms with van der Waals surface area (Å²) in [6, 6.07) is 4.54. The van der Waals surface area contributed by atoms with Gasteiger partial charge >= 0.3 is 12.2 Å². The van der Waals surface area contributed by atoms with Crippen LogP contribution in [-0.2, 0) is 4.79 Å². The molecular formula is C19H25N5O5S. The molecule has 0 bridgehead atoms. The number of aromatic amines is 1. The molecule has 30 heavy (non-hydrogen) atoms. The Morgan fingerprint density at radius 3 is 2.30 bits per heavy atom. The maximum atomic E-state index is 12.1. The number of benzene rings is 1. The molecule has 0 spiro atoms. The molecule has 2 amide bonds. The first-order valence-corrected chi connectivity index (χ1v) is 9.94. The highest BCUT2D eigenvalue weighted by Crippen LogP contribution is 2.33. The first-order valence-electron chi connectivity index (χ1n) is 9.12. The molecule has 162 valence electrons. The molecule has 0 saturated carbocycles. The van der Waals surface area contributed by atoms with Gasteiger partial charge in [0.1, 0.15) is 11.5 Å². The number of amides is 2. The zero-order valence-electron chi connectivity index (χ0n) is 17.8. The van der Waals surface area contributed by atoms with Crippen molar-refractivity contribution in [3.63, 3.8) is 0 Å². The number of ether oxygens (including phenoxy) is 2. The number of thioether (sulfide) groups is 1. The van der Waals surface area contributed by atoms with E-state index in [4.69, 9.17) is 9.47 Å². The predicted molar refractivity (Wildman–Crippen MR) is 112 cm³/mol. The van der Waals surface area contributed by atoms with E-state index < -0.39 is 12.2 Å². The van der Waals surface area contributed by atoms with Gasteiger partial charge in [0.2, 0.25) is 5.16 Å². The highest BCUT2D eigenvalue weighted by Gasteiger charge is 2.19. The summed E-state index contributed by atoms with van der Waals surface area (Å²) in [7, 11) is 6.19. The van der Waals surface area contributed by atoms with Gasteiger partial charge in [0.25, 0.3) is 0 Å². The molecule has 2 aromatic rings. The lowest BCUT2D eigenvalue weighted by molar-refractivity contribution is -0.111. The minimum absolute atomic E-state index is 0.0410. The van der Waals surface area contributed by atoms with E-state index in [9.17, 15) is 14.4 Å². The minimum atomic E-state index is -0.617. The standard InChI is InChI=1S/C19H25N5O5S/c1-11(2)9-15(25)30-17-20-16(21-22-17)13-8-7-12(28-18(26)23(3)4)10-14(13)29-19(27)24(5)6/h7-8,10-11H,9H2,1-6H3,(H,20,21,22). The van der Waals surface area contributed by atoms with Crippen molar-refractivity contribution in [3.05, 3.63) is 18.2 Å². The Balaban J connectivity index is 2.32. The van der Waals surface area contributed by atoms with Crippen LogP contribution in [0.5, 0.6) is 11.5 Å². The second-order valence-electron chi connectivity index (χ2n) is 7.22. The lowest BCUT2D eigenvalue weighted by Crippen LogP contribution is -2.26. The SMILES string of the molecule is CC(C)CC(=O)Sc1n[nH]c(-c2ccc(OC(=O)N(C)C)cc2OC(=O)N(C)C)n1. The molecule has 0 aliphatic heterocycles. The summed E-state index contributed by atoms with van der Waals surface area (Å²) >= 11 is 0.944. The van der Waals surface area contributed by atoms with Crippen LogP contribution in [0.3, 0.4) is 0 Å². The average molecular weight is 436 g/mol. The van der Waals surface area contributed by atoms with Crippen LogP contribution in [0.4, 0.5) is 9.59 Å². The Morgan fingerprint density at radius 2 is 1.70 bits per heavy atom. The maximum absolute atomic E-state index is 12.1. The van der Waals surface area contributed by atoms with Crippen LogP contribution in [0.15, 0.2) is 23.4 Å². The average Bonchev–Trinajstić information content (AvgIpc) is 3.08. The van der Waals surface area contributed by atoms with Gasteiger partial charge in [0.15, 0.2) is 10.9 Å². The summed E-state index contributed by atoms with van der Waals surface area (Å²) in [6.45, 7) is 3.91. The summed E-state index contributed by atoms with van der Waals surface area (Å²) < 4.78 is 10.6. The van der Waals surface area contributed by atoms with Crippen molar-refractivity contribution in [2.45, 2.75) is 25.4 Å². The third-order valence-electron chi connectivity index (χ3n) is 3.59. The summed E-state index contributed by atoms with van der Waals surface area (Å²) in [5.74, 6) is 0.860. The van der Waals surface area contributed by atoms with Gasteiger partial charge in [-0.15, -0.1) is 5.10 Å². The highest BCUT2D eigenvalue weighted by molar-refractivity contribution is 8.13. The van der Waals surface area contributed by atoms with E-state index in [0.29, 0.717) is 17.8 Å². The Labute approximate surface area is 178 Å². The minimum Gasteiger partial charge on any atom is -0.410 e. The number of carbonyl (C=O) groups is 3. The zero-order chi connectivity index (χ0) is 22.4. The summed E-state index contributed by atoms with van der Waals surface area (Å²) in [5.41, 5.74) is 0.422. The van der Waals surface area contributed by atoms with Crippen LogP contribution in [0.1, 0.15) is 20.3 Å². The third-order valence-corrected chi connectivity index (χ3v) is 4.35. The first kappa shape index (κ1) is 23.2. The number of aromatic nitrogens is 3. The van der Waals surface area contributed by atoms with Gasteiger partial charge in [-0.05, 0) is 29.8 Å². The molecule has 2 rings (SSSR count). The second-order valence-corrected chi connectivity index (χ2v) is 8.25. The van der Waals surface area contributed by atoms with Crippen LogP contribution in [0.2, 0.25) is 0 Å². The molecule has 1 aromatic heterocycles. The van der Waals surface area contributed by atoms with Crippen molar-refractivity contribution in [3.8, 4) is 22.9 Å². The number of hydrogen-bond acceptors (Lipinski definition) is 8. The quantitative estimate of drug-likeness (QED) is 0.687. The number of carbonyl (C=O) groups excluding carboxylic acids is 3. The van der Waals surface area contributed by atoms with Gasteiger partial charge in [-0.3, -0.25) is 9.89 Å². The molecule has 0 aliphatic rings. The van der Waals surface area contributed by atoms with E-state index in [0.717, 1.165) is 11.8 Å². The van der Waals surface area contributed by atoms with Crippen LogP contribution in [0.25, 0.3) is 11.4 Å². The van der Waals surface area contributed by atoms with E-state index in [-0.39, 0.29) is 27.7 Å². The van der Waals surface area contributed by atoms with Crippen LogP contribution in [-0.4, -0.2) is 70.5 Å². The van der Waals surface area contributed by atoms with Crippen molar-refractivity contribution in [2.24, 2.45) is 5.92 Å². The fourth-order valence-corrected chi connectivity index (χ4v) is 2.96. The van der Waals surface area contributed by atoms with Crippen LogP contribution in [0, 0.1) is 5.92 Å². The van der Waals surface area contributed by atoms with E-state index in [1.54, 1.807) is 40.3 Å². The summed E-state index contributed by atoms with van der Waals surface area (Å²) in [4.78, 5) is 42.7. The fourth-order valence-electron chi connectivity index (χ4n) is 2.11. The second kappa shape index (κ2) is 10.1. The normalized spacial score (nSPS) is 10.6. The van der Waals surface area contributed by atoms with Crippen molar-refractivity contribution in [1.29, 1.82) is 0 Å². The lowest BCUT2D eigenvalue weighted by atomic mass is 10.2. The molecule has 0 radical (unpaired) electrons. The molecule has 11 heteroatoms. The Bertz CT molecular complexity index is 926.